The van der Waals surface area contributed by atoms with Gasteiger partial charge >= 0.3 is 26.2 Å². The molecule has 1 radical (unpaired) electrons. The van der Waals surface area contributed by atoms with E-state index in [4.69, 9.17) is 0 Å². The summed E-state index contributed by atoms with van der Waals surface area (Å²) in [6.45, 7) is 8.95. The van der Waals surface area contributed by atoms with Crippen molar-refractivity contribution in [1.82, 2.24) is 0 Å². The third-order valence-corrected chi connectivity index (χ3v) is 3.43. The van der Waals surface area contributed by atoms with Gasteiger partial charge in [0.05, 0.1) is 0 Å². The fourth-order valence-corrected chi connectivity index (χ4v) is 2.26. The molecule has 0 heterocycles. The summed E-state index contributed by atoms with van der Waals surface area (Å²) in [5, 5.41) is 2.90. The van der Waals surface area contributed by atoms with Crippen molar-refractivity contribution in [2.75, 3.05) is 0 Å². The van der Waals surface area contributed by atoms with Crippen molar-refractivity contribution in [3.63, 3.8) is 0 Å². The van der Waals surface area contributed by atoms with Crippen molar-refractivity contribution < 1.29 is 51.0 Å². The van der Waals surface area contributed by atoms with E-state index >= 15 is 0 Å². The van der Waals surface area contributed by atoms with Crippen LogP contribution >= 0.6 is 0 Å². The van der Waals surface area contributed by atoms with Crippen LogP contribution < -0.4 is 24.8 Å². The van der Waals surface area contributed by atoms with Crippen LogP contribution in [0.15, 0.2) is 24.3 Å². The SMILES string of the molecule is CCC(C)c1ccc(C)c2[cH-]c(C)cc12.[Cl-].[Cl-].[Zr+3]. The first-order valence-electron chi connectivity index (χ1n) is 5.80. The molecule has 0 fully saturated rings. The summed E-state index contributed by atoms with van der Waals surface area (Å²) in [7, 11) is 0. The summed E-state index contributed by atoms with van der Waals surface area (Å²) in [5.41, 5.74) is 4.28. The van der Waals surface area contributed by atoms with Gasteiger partial charge in [-0.3, -0.25) is 0 Å². The number of hydrogen-bond donors (Lipinski definition) is 0. The molecule has 2 rings (SSSR count). The van der Waals surface area contributed by atoms with Gasteiger partial charge in [-0.05, 0) is 5.92 Å². The molecule has 18 heavy (non-hydrogen) atoms. The first kappa shape index (κ1) is 20.6. The molecule has 97 valence electrons. The zero-order valence-electron chi connectivity index (χ0n) is 11.3. The zero-order chi connectivity index (χ0) is 11.0. The maximum absolute atomic E-state index is 2.32. The molecule has 0 saturated heterocycles. The quantitative estimate of drug-likeness (QED) is 0.583. The van der Waals surface area contributed by atoms with Gasteiger partial charge in [0, 0.05) is 0 Å². The Kier molecular flexibility index (Phi) is 9.69. The van der Waals surface area contributed by atoms with E-state index in [9.17, 15) is 0 Å². The predicted molar refractivity (Wildman–Crippen MR) is 67.7 cm³/mol. The zero-order valence-corrected chi connectivity index (χ0v) is 15.3. The smallest absolute Gasteiger partial charge is 1.00 e. The third kappa shape index (κ3) is 3.89. The van der Waals surface area contributed by atoms with Gasteiger partial charge < -0.3 is 24.8 Å². The monoisotopic (exact) mass is 359 g/mol. The summed E-state index contributed by atoms with van der Waals surface area (Å²) in [6, 6.07) is 9.18. The Labute approximate surface area is 142 Å². The van der Waals surface area contributed by atoms with Gasteiger partial charge in [0.25, 0.3) is 0 Å². The molecule has 2 aromatic carbocycles. The van der Waals surface area contributed by atoms with E-state index in [-0.39, 0.29) is 51.0 Å². The van der Waals surface area contributed by atoms with Crippen molar-refractivity contribution in [3.05, 3.63) is 41.0 Å². The van der Waals surface area contributed by atoms with Gasteiger partial charge in [-0.1, -0.05) is 45.7 Å². The molecule has 1 atom stereocenters. The van der Waals surface area contributed by atoms with Crippen LogP contribution in [0.25, 0.3) is 10.8 Å². The van der Waals surface area contributed by atoms with E-state index in [1.807, 2.05) is 0 Å². The molecule has 0 aliphatic carbocycles. The Morgan fingerprint density at radius 3 is 2.33 bits per heavy atom. The first-order chi connectivity index (χ1) is 7.13. The van der Waals surface area contributed by atoms with Crippen molar-refractivity contribution in [3.8, 4) is 0 Å². The van der Waals surface area contributed by atoms with E-state index in [2.05, 4.69) is 52.0 Å². The molecule has 0 spiro atoms. The summed E-state index contributed by atoms with van der Waals surface area (Å²) in [6.07, 6.45) is 1.21. The van der Waals surface area contributed by atoms with E-state index in [1.54, 1.807) is 0 Å². The summed E-state index contributed by atoms with van der Waals surface area (Å²) < 4.78 is 0. The fourth-order valence-electron chi connectivity index (χ4n) is 2.26. The molecule has 3 heteroatoms. The Balaban J connectivity index is 0. The average molecular weight is 361 g/mol. The number of aryl methyl sites for hydroxylation is 2. The molecule has 0 N–H and O–H groups in total. The molecule has 2 aromatic rings. The summed E-state index contributed by atoms with van der Waals surface area (Å²) >= 11 is 0. The largest absolute Gasteiger partial charge is 3.00 e. The number of hydrogen-bond acceptors (Lipinski definition) is 0. The molecule has 0 saturated carbocycles. The molecular formula is C15H19Cl2Zr. The molecule has 0 bridgehead atoms. The van der Waals surface area contributed by atoms with Crippen LogP contribution in [0.4, 0.5) is 0 Å². The van der Waals surface area contributed by atoms with Crippen LogP contribution in [0.3, 0.4) is 0 Å². The van der Waals surface area contributed by atoms with E-state index in [0.717, 1.165) is 0 Å². The second-order valence-electron chi connectivity index (χ2n) is 4.64. The standard InChI is InChI=1S/C15H19.2ClH.Zr/c1-5-11(3)13-7-6-12(4)14-8-10(2)9-15(13)14;;;/h6-9,11H,5H2,1-4H3;2*1H;/q-1;;;+3/p-2. The maximum Gasteiger partial charge on any atom is 3.00 e. The molecule has 0 nitrogen and oxygen atoms in total. The van der Waals surface area contributed by atoms with Gasteiger partial charge in [-0.15, -0.1) is 34.0 Å². The first-order valence-corrected chi connectivity index (χ1v) is 5.80. The second-order valence-corrected chi connectivity index (χ2v) is 4.64. The average Bonchev–Trinajstić information content (AvgIpc) is 2.60. The van der Waals surface area contributed by atoms with Crippen LogP contribution in [0, 0.1) is 13.8 Å². The van der Waals surface area contributed by atoms with Gasteiger partial charge in [-0.2, -0.15) is 6.07 Å². The number of rotatable bonds is 2. The molecule has 0 amide bonds. The van der Waals surface area contributed by atoms with Crippen LogP contribution in [-0.2, 0) is 26.2 Å². The third-order valence-electron chi connectivity index (χ3n) is 3.43. The topological polar surface area (TPSA) is 0 Å². The van der Waals surface area contributed by atoms with Crippen LogP contribution in [0.2, 0.25) is 0 Å². The summed E-state index contributed by atoms with van der Waals surface area (Å²) in [5.74, 6) is 0.662. The van der Waals surface area contributed by atoms with Crippen LogP contribution in [-0.4, -0.2) is 0 Å². The molecule has 0 aromatic heterocycles. The fraction of sp³-hybridized carbons (Fsp3) is 0.400. The van der Waals surface area contributed by atoms with Gasteiger partial charge in [-0.25, -0.2) is 0 Å². The van der Waals surface area contributed by atoms with Crippen molar-refractivity contribution in [2.24, 2.45) is 0 Å². The second kappa shape index (κ2) is 8.46. The van der Waals surface area contributed by atoms with Crippen molar-refractivity contribution >= 4 is 10.8 Å². The Hall–Kier alpha value is 0.293. The summed E-state index contributed by atoms with van der Waals surface area (Å²) in [4.78, 5) is 0. The van der Waals surface area contributed by atoms with Crippen molar-refractivity contribution in [2.45, 2.75) is 40.0 Å². The van der Waals surface area contributed by atoms with Crippen LogP contribution in [0.1, 0.15) is 42.9 Å². The Morgan fingerprint density at radius 2 is 1.78 bits per heavy atom. The van der Waals surface area contributed by atoms with Crippen LogP contribution in [0.5, 0.6) is 0 Å². The maximum atomic E-state index is 2.32. The molecular weight excluding hydrogens is 342 g/mol. The number of halogens is 2. The van der Waals surface area contributed by atoms with Gasteiger partial charge in [0.2, 0.25) is 0 Å². The normalized spacial score (nSPS) is 11.1. The van der Waals surface area contributed by atoms with Gasteiger partial charge in [0.15, 0.2) is 0 Å². The predicted octanol–water partition coefficient (Wildman–Crippen LogP) is -1.31. The molecule has 0 aliphatic rings. The minimum Gasteiger partial charge on any atom is -1.00 e. The van der Waals surface area contributed by atoms with Crippen molar-refractivity contribution in [1.29, 1.82) is 0 Å². The van der Waals surface area contributed by atoms with E-state index in [1.165, 1.54) is 33.9 Å². The Bertz CT molecular complexity index is 488. The number of fused-ring (bicyclic) bond motifs is 1. The number of benzene rings is 1. The van der Waals surface area contributed by atoms with Gasteiger partial charge in [0.1, 0.15) is 0 Å². The Morgan fingerprint density at radius 1 is 1.17 bits per heavy atom. The molecule has 1 unspecified atom stereocenters. The van der Waals surface area contributed by atoms with E-state index in [0.29, 0.717) is 5.92 Å². The molecule has 0 aliphatic heterocycles. The minimum absolute atomic E-state index is 0. The van der Waals surface area contributed by atoms with E-state index < -0.39 is 0 Å². The minimum atomic E-state index is 0.